The van der Waals surface area contributed by atoms with Gasteiger partial charge in [-0.15, -0.1) is 0 Å². The Bertz CT molecular complexity index is 750. The molecule has 0 aromatic heterocycles. The van der Waals surface area contributed by atoms with Crippen LogP contribution < -0.4 is 10.1 Å². The Morgan fingerprint density at radius 2 is 1.79 bits per heavy atom. The number of likely N-dealkylation sites (tertiary alicyclic amines) is 1. The lowest BCUT2D eigenvalue weighted by Crippen LogP contribution is -2.40. The van der Waals surface area contributed by atoms with E-state index in [-0.39, 0.29) is 18.7 Å². The fourth-order valence-electron chi connectivity index (χ4n) is 4.30. The van der Waals surface area contributed by atoms with Crippen molar-refractivity contribution in [3.63, 3.8) is 0 Å². The smallest absolute Gasteiger partial charge is 0.119 e. The second-order valence-electron chi connectivity index (χ2n) is 9.06. The van der Waals surface area contributed by atoms with E-state index in [2.05, 4.69) is 71.7 Å². The van der Waals surface area contributed by atoms with Crippen LogP contribution in [-0.4, -0.2) is 54.6 Å². The van der Waals surface area contributed by atoms with Crippen LogP contribution in [0.4, 0.5) is 0 Å². The molecule has 2 atom stereocenters. The number of benzene rings is 2. The Labute approximate surface area is 205 Å². The maximum absolute atomic E-state index is 10.1. The molecular weight excluding hydrogens is 428 g/mol. The van der Waals surface area contributed by atoms with Crippen LogP contribution in [0.25, 0.3) is 0 Å². The number of ether oxygens (including phenoxy) is 1. The molecule has 2 unspecified atom stereocenters. The van der Waals surface area contributed by atoms with Gasteiger partial charge in [-0.3, -0.25) is 0 Å². The van der Waals surface area contributed by atoms with Gasteiger partial charge in [-0.1, -0.05) is 62.2 Å². The van der Waals surface area contributed by atoms with E-state index in [1.54, 1.807) is 0 Å². The summed E-state index contributed by atoms with van der Waals surface area (Å²) in [5, 5.41) is 13.9. The molecule has 4 nitrogen and oxygen atoms in total. The highest BCUT2D eigenvalue weighted by molar-refractivity contribution is 7.98. The summed E-state index contributed by atoms with van der Waals surface area (Å²) in [7, 11) is 0. The third-order valence-electron chi connectivity index (χ3n) is 6.32. The lowest BCUT2D eigenvalue weighted by molar-refractivity contribution is 0.204. The number of thioether (sulfide) groups is 1. The van der Waals surface area contributed by atoms with Gasteiger partial charge in [0.25, 0.3) is 0 Å². The molecule has 1 saturated heterocycles. The van der Waals surface area contributed by atoms with Gasteiger partial charge < -0.3 is 20.1 Å². The molecule has 1 heterocycles. The van der Waals surface area contributed by atoms with Crippen molar-refractivity contribution in [3.8, 4) is 5.75 Å². The number of aliphatic hydroxyl groups excluding tert-OH is 1. The number of aliphatic hydroxyl groups is 1. The second kappa shape index (κ2) is 15.4. The fourth-order valence-corrected chi connectivity index (χ4v) is 5.34. The van der Waals surface area contributed by atoms with Gasteiger partial charge in [0.15, 0.2) is 0 Å². The quantitative estimate of drug-likeness (QED) is 0.329. The Hall–Kier alpha value is -1.53. The summed E-state index contributed by atoms with van der Waals surface area (Å²) in [6, 6.07) is 19.4. The number of hydrogen-bond acceptors (Lipinski definition) is 5. The predicted octanol–water partition coefficient (Wildman–Crippen LogP) is 5.67. The van der Waals surface area contributed by atoms with Crippen molar-refractivity contribution in [3.05, 3.63) is 65.7 Å². The standard InChI is InChI=1S/C28H42N2O2S/c1-2-3-20-32-27-14-12-25(13-15-27)28(16-19-30-17-8-5-9-18-30)29-26(21-31)23-33-22-24-10-6-4-7-11-24/h4,6-7,10-15,26,28-29,31H,2-3,5,8-9,16-23H2,1H3. The topological polar surface area (TPSA) is 44.7 Å². The highest BCUT2D eigenvalue weighted by Gasteiger charge is 2.19. The minimum absolute atomic E-state index is 0.0746. The number of unbranched alkanes of at least 4 members (excludes halogenated alkanes) is 1. The molecule has 2 aromatic rings. The van der Waals surface area contributed by atoms with Crippen LogP contribution in [-0.2, 0) is 5.75 Å². The number of nitrogens with one attached hydrogen (secondary N) is 1. The van der Waals surface area contributed by atoms with Crippen LogP contribution in [0.5, 0.6) is 5.75 Å². The largest absolute Gasteiger partial charge is 0.494 e. The molecule has 2 N–H and O–H groups in total. The summed E-state index contributed by atoms with van der Waals surface area (Å²) in [5.41, 5.74) is 2.61. The summed E-state index contributed by atoms with van der Waals surface area (Å²) in [6.07, 6.45) is 7.28. The fraction of sp³-hybridized carbons (Fsp3) is 0.571. The van der Waals surface area contributed by atoms with Crippen LogP contribution in [0.3, 0.4) is 0 Å². The van der Waals surface area contributed by atoms with Gasteiger partial charge in [0.1, 0.15) is 5.75 Å². The van der Waals surface area contributed by atoms with Crippen molar-refractivity contribution < 1.29 is 9.84 Å². The molecule has 0 spiro atoms. The molecule has 0 bridgehead atoms. The first-order valence-corrected chi connectivity index (χ1v) is 13.9. The summed E-state index contributed by atoms with van der Waals surface area (Å²) in [5.74, 6) is 2.81. The molecule has 182 valence electrons. The van der Waals surface area contributed by atoms with Gasteiger partial charge >= 0.3 is 0 Å². The molecule has 0 radical (unpaired) electrons. The van der Waals surface area contributed by atoms with Gasteiger partial charge in [0.05, 0.1) is 13.2 Å². The zero-order valence-corrected chi connectivity index (χ0v) is 21.1. The second-order valence-corrected chi connectivity index (χ2v) is 10.1. The molecule has 33 heavy (non-hydrogen) atoms. The number of piperidine rings is 1. The highest BCUT2D eigenvalue weighted by atomic mass is 32.2. The van der Waals surface area contributed by atoms with Crippen LogP contribution in [0.1, 0.15) is 62.6 Å². The van der Waals surface area contributed by atoms with E-state index in [1.807, 2.05) is 11.8 Å². The summed E-state index contributed by atoms with van der Waals surface area (Å²) in [6.45, 7) is 6.64. The zero-order valence-electron chi connectivity index (χ0n) is 20.3. The molecule has 1 aliphatic rings. The monoisotopic (exact) mass is 470 g/mol. The summed E-state index contributed by atoms with van der Waals surface area (Å²) in [4.78, 5) is 2.60. The summed E-state index contributed by atoms with van der Waals surface area (Å²) < 4.78 is 5.86. The van der Waals surface area contributed by atoms with Crippen molar-refractivity contribution in [1.29, 1.82) is 0 Å². The molecule has 0 saturated carbocycles. The number of nitrogens with zero attached hydrogens (tertiary/aromatic N) is 1. The molecule has 2 aromatic carbocycles. The predicted molar refractivity (Wildman–Crippen MR) is 141 cm³/mol. The minimum Gasteiger partial charge on any atom is -0.494 e. The van der Waals surface area contributed by atoms with Gasteiger partial charge in [0, 0.05) is 23.6 Å². The Morgan fingerprint density at radius 3 is 2.48 bits per heavy atom. The van der Waals surface area contributed by atoms with Gasteiger partial charge in [-0.2, -0.15) is 11.8 Å². The van der Waals surface area contributed by atoms with E-state index in [0.717, 1.165) is 49.7 Å². The highest BCUT2D eigenvalue weighted by Crippen LogP contribution is 2.24. The maximum atomic E-state index is 10.1. The number of rotatable bonds is 15. The maximum Gasteiger partial charge on any atom is 0.119 e. The van der Waals surface area contributed by atoms with Crippen molar-refractivity contribution in [2.24, 2.45) is 0 Å². The van der Waals surface area contributed by atoms with Crippen LogP contribution in [0.15, 0.2) is 54.6 Å². The van der Waals surface area contributed by atoms with Crippen LogP contribution in [0.2, 0.25) is 0 Å². The van der Waals surface area contributed by atoms with Gasteiger partial charge in [-0.25, -0.2) is 0 Å². The Kier molecular flexibility index (Phi) is 12.2. The van der Waals surface area contributed by atoms with E-state index in [0.29, 0.717) is 0 Å². The van der Waals surface area contributed by atoms with E-state index in [1.165, 1.54) is 43.5 Å². The van der Waals surface area contributed by atoms with Crippen molar-refractivity contribution in [2.75, 3.05) is 38.6 Å². The van der Waals surface area contributed by atoms with Gasteiger partial charge in [0.2, 0.25) is 0 Å². The third-order valence-corrected chi connectivity index (χ3v) is 7.50. The first-order valence-electron chi connectivity index (χ1n) is 12.7. The molecule has 1 aliphatic heterocycles. The first kappa shape index (κ1) is 26.1. The molecule has 3 rings (SSSR count). The van der Waals surface area contributed by atoms with E-state index < -0.39 is 0 Å². The van der Waals surface area contributed by atoms with Crippen LogP contribution >= 0.6 is 11.8 Å². The van der Waals surface area contributed by atoms with Crippen molar-refractivity contribution in [1.82, 2.24) is 10.2 Å². The lowest BCUT2D eigenvalue weighted by Gasteiger charge is -2.30. The Balaban J connectivity index is 1.58. The molecule has 0 aliphatic carbocycles. The van der Waals surface area contributed by atoms with E-state index in [4.69, 9.17) is 4.74 Å². The molecule has 0 amide bonds. The average molecular weight is 471 g/mol. The van der Waals surface area contributed by atoms with Crippen molar-refractivity contribution in [2.45, 2.75) is 63.3 Å². The van der Waals surface area contributed by atoms with Crippen molar-refractivity contribution >= 4 is 11.8 Å². The normalized spacial score (nSPS) is 16.4. The number of hydrogen-bond donors (Lipinski definition) is 2. The zero-order chi connectivity index (χ0) is 23.1. The molecule has 1 fully saturated rings. The SMILES string of the molecule is CCCCOc1ccc(C(CCN2CCCCC2)NC(CO)CSCc2ccccc2)cc1. The Morgan fingerprint density at radius 1 is 1.03 bits per heavy atom. The third kappa shape index (κ3) is 9.70. The molecular formula is C28H42N2O2S. The summed E-state index contributed by atoms with van der Waals surface area (Å²) >= 11 is 1.88. The van der Waals surface area contributed by atoms with Crippen LogP contribution in [0, 0.1) is 0 Å². The van der Waals surface area contributed by atoms with Gasteiger partial charge in [-0.05, 0) is 68.6 Å². The lowest BCUT2D eigenvalue weighted by atomic mass is 10.0. The van der Waals surface area contributed by atoms with E-state index in [9.17, 15) is 5.11 Å². The minimum atomic E-state index is 0.0746. The average Bonchev–Trinajstić information content (AvgIpc) is 2.87. The van der Waals surface area contributed by atoms with E-state index >= 15 is 0 Å². The first-order chi connectivity index (χ1) is 16.3. The molecule has 5 heteroatoms.